The number of aldehydes is 1. The van der Waals surface area contributed by atoms with Crippen LogP contribution in [-0.4, -0.2) is 33.8 Å². The lowest BCUT2D eigenvalue weighted by Crippen LogP contribution is -2.07. The van der Waals surface area contributed by atoms with Crippen LogP contribution in [0.4, 0.5) is 0 Å². The summed E-state index contributed by atoms with van der Waals surface area (Å²) in [5, 5.41) is 0. The Kier molecular flexibility index (Phi) is 17.2. The van der Waals surface area contributed by atoms with E-state index in [2.05, 4.69) is 60.0 Å². The largest absolute Gasteiger partial charge is 0.301 e. The molecule has 7 heteroatoms. The van der Waals surface area contributed by atoms with E-state index < -0.39 is 16.7 Å². The van der Waals surface area contributed by atoms with E-state index in [-0.39, 0.29) is 4.90 Å². The minimum absolute atomic E-state index is 0.0601. The van der Waals surface area contributed by atoms with Crippen molar-refractivity contribution in [2.45, 2.75) is 42.4 Å². The summed E-state index contributed by atoms with van der Waals surface area (Å²) in [7, 11) is -3.77. The Morgan fingerprint density at radius 1 is 0.727 bits per heavy atom. The van der Waals surface area contributed by atoms with Gasteiger partial charge in [0.15, 0.2) is 0 Å². The zero-order chi connectivity index (χ0) is 25.1. The van der Waals surface area contributed by atoms with Crippen molar-refractivity contribution in [3.05, 3.63) is 90.0 Å². The van der Waals surface area contributed by atoms with Crippen LogP contribution in [0.5, 0.6) is 0 Å². The molecule has 0 aliphatic carbocycles. The van der Waals surface area contributed by atoms with Crippen molar-refractivity contribution in [1.82, 2.24) is 0 Å². The SMILES string of the molecule is CC.CSc1ccc(C)cc1.CSc1ccccc1.Cc1ccc(S(=O)(=O)OCC=O)cc1. The first-order chi connectivity index (χ1) is 15.8. The highest BCUT2D eigenvalue weighted by Crippen LogP contribution is 2.14. The fraction of sp³-hybridized carbons (Fsp3) is 0.269. The van der Waals surface area contributed by atoms with E-state index in [9.17, 15) is 13.2 Å². The summed E-state index contributed by atoms with van der Waals surface area (Å²) in [5.74, 6) is 0. The molecule has 0 aliphatic heterocycles. The average molecular weight is 507 g/mol. The lowest BCUT2D eigenvalue weighted by Gasteiger charge is -2.02. The minimum Gasteiger partial charge on any atom is -0.301 e. The van der Waals surface area contributed by atoms with Crippen molar-refractivity contribution in [2.24, 2.45) is 0 Å². The molecule has 180 valence electrons. The summed E-state index contributed by atoms with van der Waals surface area (Å²) in [6, 6.07) is 25.1. The van der Waals surface area contributed by atoms with Crippen molar-refractivity contribution in [3.8, 4) is 0 Å². The third kappa shape index (κ3) is 13.9. The summed E-state index contributed by atoms with van der Waals surface area (Å²) in [6.45, 7) is 7.50. The number of benzene rings is 3. The maximum atomic E-state index is 11.3. The van der Waals surface area contributed by atoms with Gasteiger partial charge in [-0.05, 0) is 62.8 Å². The third-order valence-electron chi connectivity index (χ3n) is 3.84. The number of hydrogen-bond acceptors (Lipinski definition) is 6. The molecule has 0 amide bonds. The molecule has 0 saturated heterocycles. The van der Waals surface area contributed by atoms with E-state index in [1.807, 2.05) is 39.0 Å². The van der Waals surface area contributed by atoms with Gasteiger partial charge in [-0.2, -0.15) is 8.42 Å². The molecule has 3 rings (SSSR count). The summed E-state index contributed by atoms with van der Waals surface area (Å²) >= 11 is 3.55. The van der Waals surface area contributed by atoms with Crippen molar-refractivity contribution in [1.29, 1.82) is 0 Å². The van der Waals surface area contributed by atoms with Crippen molar-refractivity contribution in [3.63, 3.8) is 0 Å². The Morgan fingerprint density at radius 2 is 1.15 bits per heavy atom. The normalized spacial score (nSPS) is 9.76. The number of carbonyl (C=O) groups excluding carboxylic acids is 1. The van der Waals surface area contributed by atoms with Gasteiger partial charge in [0.05, 0.1) is 4.90 Å². The Balaban J connectivity index is 0.000000469. The monoisotopic (exact) mass is 506 g/mol. The molecule has 0 heterocycles. The molecular formula is C26H34O4S3. The van der Waals surface area contributed by atoms with Crippen LogP contribution in [0.3, 0.4) is 0 Å². The lowest BCUT2D eigenvalue weighted by molar-refractivity contribution is -0.109. The third-order valence-corrected chi connectivity index (χ3v) is 6.62. The first kappa shape index (κ1) is 30.9. The minimum atomic E-state index is -3.77. The smallest absolute Gasteiger partial charge is 0.297 e. The van der Waals surface area contributed by atoms with E-state index in [0.29, 0.717) is 6.29 Å². The van der Waals surface area contributed by atoms with Gasteiger partial charge in [0.25, 0.3) is 10.1 Å². The fourth-order valence-electron chi connectivity index (χ4n) is 2.12. The number of hydrogen-bond donors (Lipinski definition) is 0. The molecule has 0 atom stereocenters. The van der Waals surface area contributed by atoms with E-state index in [1.54, 1.807) is 35.7 Å². The van der Waals surface area contributed by atoms with Gasteiger partial charge in [-0.25, -0.2) is 0 Å². The molecule has 3 aromatic carbocycles. The first-order valence-corrected chi connectivity index (χ1v) is 14.3. The topological polar surface area (TPSA) is 60.4 Å². The second-order valence-electron chi connectivity index (χ2n) is 6.25. The summed E-state index contributed by atoms with van der Waals surface area (Å²) < 4.78 is 27.1. The van der Waals surface area contributed by atoms with Gasteiger partial charge in [0.1, 0.15) is 12.9 Å². The molecule has 0 radical (unpaired) electrons. The van der Waals surface area contributed by atoms with Gasteiger partial charge in [-0.1, -0.05) is 67.4 Å². The maximum absolute atomic E-state index is 11.3. The predicted molar refractivity (Wildman–Crippen MR) is 143 cm³/mol. The van der Waals surface area contributed by atoms with Crippen molar-refractivity contribution in [2.75, 3.05) is 19.1 Å². The maximum Gasteiger partial charge on any atom is 0.297 e. The zero-order valence-electron chi connectivity index (χ0n) is 20.1. The molecule has 0 saturated carbocycles. The molecule has 0 spiro atoms. The standard InChI is InChI=1S/C9H10O4S.C8H10S.C7H8S.C2H6/c1-8-2-4-9(5-3-8)14(11,12)13-7-6-10;1-7-3-5-8(9-2)6-4-7;1-8-7-5-3-2-4-6-7;1-2/h2-6H,7H2,1H3;3-6H,1-2H3;2-6H,1H3;1-2H3. The lowest BCUT2D eigenvalue weighted by atomic mass is 10.2. The first-order valence-electron chi connectivity index (χ1n) is 10.4. The van der Waals surface area contributed by atoms with Crippen LogP contribution in [0, 0.1) is 13.8 Å². The van der Waals surface area contributed by atoms with E-state index in [0.717, 1.165) is 5.56 Å². The number of aryl methyl sites for hydroxylation is 2. The number of thioether (sulfide) groups is 2. The molecule has 0 N–H and O–H groups in total. The molecule has 0 fully saturated rings. The highest BCUT2D eigenvalue weighted by molar-refractivity contribution is 7.98. The highest BCUT2D eigenvalue weighted by Gasteiger charge is 2.13. The second kappa shape index (κ2) is 18.4. The Hall–Kier alpha value is -2.06. The molecule has 33 heavy (non-hydrogen) atoms. The molecule has 3 aromatic rings. The van der Waals surface area contributed by atoms with Gasteiger partial charge < -0.3 is 4.79 Å². The summed E-state index contributed by atoms with van der Waals surface area (Å²) in [4.78, 5) is 12.7. The Morgan fingerprint density at radius 3 is 1.55 bits per heavy atom. The van der Waals surface area contributed by atoms with Crippen molar-refractivity contribution < 1.29 is 17.4 Å². The van der Waals surface area contributed by atoms with E-state index in [1.165, 1.54) is 27.5 Å². The highest BCUT2D eigenvalue weighted by atomic mass is 32.2. The van der Waals surface area contributed by atoms with Crippen LogP contribution in [0.15, 0.2) is 93.5 Å². The predicted octanol–water partition coefficient (Wildman–Crippen LogP) is 7.05. The zero-order valence-corrected chi connectivity index (χ0v) is 22.6. The summed E-state index contributed by atoms with van der Waals surface area (Å²) in [6.07, 6.45) is 4.56. The Bertz CT molecular complexity index is 986. The second-order valence-corrected chi connectivity index (χ2v) is 9.63. The molecule has 0 bridgehead atoms. The molecule has 4 nitrogen and oxygen atoms in total. The van der Waals surface area contributed by atoms with Crippen LogP contribution in [0.1, 0.15) is 25.0 Å². The van der Waals surface area contributed by atoms with Gasteiger partial charge in [-0.3, -0.25) is 4.18 Å². The van der Waals surface area contributed by atoms with Crippen LogP contribution in [-0.2, 0) is 19.1 Å². The number of rotatable bonds is 6. The molecule has 0 aliphatic rings. The van der Waals surface area contributed by atoms with Crippen molar-refractivity contribution >= 4 is 39.9 Å². The van der Waals surface area contributed by atoms with E-state index >= 15 is 0 Å². The van der Waals surface area contributed by atoms with Crippen LogP contribution in [0.2, 0.25) is 0 Å². The van der Waals surface area contributed by atoms with Crippen LogP contribution >= 0.6 is 23.5 Å². The van der Waals surface area contributed by atoms with E-state index in [4.69, 9.17) is 0 Å². The number of carbonyl (C=O) groups is 1. The quantitative estimate of drug-likeness (QED) is 0.203. The molecule has 0 unspecified atom stereocenters. The average Bonchev–Trinajstić information content (AvgIpc) is 2.86. The summed E-state index contributed by atoms with van der Waals surface area (Å²) in [5.41, 5.74) is 2.28. The van der Waals surface area contributed by atoms with Gasteiger partial charge in [0, 0.05) is 9.79 Å². The van der Waals surface area contributed by atoms with Gasteiger partial charge in [0.2, 0.25) is 0 Å². The molecule has 0 aromatic heterocycles. The Labute approximate surface area is 208 Å². The van der Waals surface area contributed by atoms with Gasteiger partial charge in [-0.15, -0.1) is 23.5 Å². The van der Waals surface area contributed by atoms with Gasteiger partial charge >= 0.3 is 0 Å². The fourth-order valence-corrected chi connectivity index (χ4v) is 3.80. The van der Waals surface area contributed by atoms with Crippen LogP contribution < -0.4 is 0 Å². The molecular weight excluding hydrogens is 472 g/mol. The van der Waals surface area contributed by atoms with Crippen LogP contribution in [0.25, 0.3) is 0 Å².